The van der Waals surface area contributed by atoms with Crippen molar-refractivity contribution in [2.75, 3.05) is 0 Å². The molecule has 3 rings (SSSR count). The Morgan fingerprint density at radius 1 is 1.12 bits per heavy atom. The number of benzene rings is 2. The molecule has 0 radical (unpaired) electrons. The van der Waals surface area contributed by atoms with Crippen molar-refractivity contribution in [1.29, 1.82) is 0 Å². The number of hydrogen-bond acceptors (Lipinski definition) is 2. The molecule has 0 spiro atoms. The average molecular weight is 320 g/mol. The first-order valence-corrected chi connectivity index (χ1v) is 7.99. The molecule has 1 amide bonds. The molecule has 1 atom stereocenters. The Balaban J connectivity index is 1.81. The SMILES string of the molecule is Cc1ccc2c(c1)c(=O)ccn2CC(=O)N[C@@H](C)c1ccccc1. The predicted octanol–water partition coefficient (Wildman–Crippen LogP) is 3.19. The first-order chi connectivity index (χ1) is 11.5. The lowest BCUT2D eigenvalue weighted by Gasteiger charge is -2.16. The van der Waals surface area contributed by atoms with Gasteiger partial charge in [0.1, 0.15) is 6.54 Å². The van der Waals surface area contributed by atoms with Crippen molar-refractivity contribution < 1.29 is 4.79 Å². The van der Waals surface area contributed by atoms with Gasteiger partial charge < -0.3 is 9.88 Å². The molecule has 4 heteroatoms. The van der Waals surface area contributed by atoms with Gasteiger partial charge in [-0.2, -0.15) is 0 Å². The molecule has 2 aromatic carbocycles. The van der Waals surface area contributed by atoms with Crippen LogP contribution in [0.15, 0.2) is 65.6 Å². The third-order valence-corrected chi connectivity index (χ3v) is 4.12. The van der Waals surface area contributed by atoms with Crippen molar-refractivity contribution in [3.8, 4) is 0 Å². The largest absolute Gasteiger partial charge is 0.348 e. The number of carbonyl (C=O) groups excluding carboxylic acids is 1. The van der Waals surface area contributed by atoms with Gasteiger partial charge in [-0.3, -0.25) is 9.59 Å². The summed E-state index contributed by atoms with van der Waals surface area (Å²) in [6.07, 6.45) is 1.67. The molecule has 4 nitrogen and oxygen atoms in total. The van der Waals surface area contributed by atoms with Crippen LogP contribution in [0.25, 0.3) is 10.9 Å². The molecule has 1 aromatic heterocycles. The Labute approximate surface area is 140 Å². The molecule has 0 aliphatic carbocycles. The topological polar surface area (TPSA) is 51.1 Å². The second kappa shape index (κ2) is 6.71. The molecule has 0 aliphatic heterocycles. The maximum atomic E-state index is 12.4. The van der Waals surface area contributed by atoms with Gasteiger partial charge >= 0.3 is 0 Å². The fourth-order valence-electron chi connectivity index (χ4n) is 2.83. The summed E-state index contributed by atoms with van der Waals surface area (Å²) in [5.74, 6) is -0.0862. The maximum Gasteiger partial charge on any atom is 0.240 e. The average Bonchev–Trinajstić information content (AvgIpc) is 2.58. The molecular formula is C20H20N2O2. The van der Waals surface area contributed by atoms with E-state index in [-0.39, 0.29) is 23.9 Å². The number of aromatic nitrogens is 1. The quantitative estimate of drug-likeness (QED) is 0.802. The third kappa shape index (κ3) is 3.38. The van der Waals surface area contributed by atoms with E-state index < -0.39 is 0 Å². The Bertz CT molecular complexity index is 929. The van der Waals surface area contributed by atoms with E-state index >= 15 is 0 Å². The number of nitrogens with one attached hydrogen (secondary N) is 1. The van der Waals surface area contributed by atoms with E-state index in [0.717, 1.165) is 16.6 Å². The predicted molar refractivity (Wildman–Crippen MR) is 95.9 cm³/mol. The minimum Gasteiger partial charge on any atom is -0.348 e. The van der Waals surface area contributed by atoms with Crippen molar-refractivity contribution in [2.24, 2.45) is 0 Å². The van der Waals surface area contributed by atoms with E-state index in [0.29, 0.717) is 5.39 Å². The molecule has 0 fully saturated rings. The van der Waals surface area contributed by atoms with Gasteiger partial charge in [-0.1, -0.05) is 42.0 Å². The lowest BCUT2D eigenvalue weighted by molar-refractivity contribution is -0.122. The summed E-state index contributed by atoms with van der Waals surface area (Å²) >= 11 is 0. The van der Waals surface area contributed by atoms with E-state index in [1.807, 2.05) is 66.9 Å². The monoisotopic (exact) mass is 320 g/mol. The first-order valence-electron chi connectivity index (χ1n) is 7.99. The summed E-state index contributed by atoms with van der Waals surface area (Å²) in [5, 5.41) is 3.64. The van der Waals surface area contributed by atoms with Crippen molar-refractivity contribution in [2.45, 2.75) is 26.4 Å². The van der Waals surface area contributed by atoms with E-state index in [1.54, 1.807) is 6.20 Å². The molecule has 0 aliphatic rings. The molecule has 24 heavy (non-hydrogen) atoms. The van der Waals surface area contributed by atoms with Gasteiger partial charge in [0.2, 0.25) is 5.91 Å². The van der Waals surface area contributed by atoms with Gasteiger partial charge in [-0.25, -0.2) is 0 Å². The number of rotatable bonds is 4. The van der Waals surface area contributed by atoms with Crippen LogP contribution in [0.2, 0.25) is 0 Å². The molecule has 0 saturated carbocycles. The van der Waals surface area contributed by atoms with Gasteiger partial charge in [0.15, 0.2) is 5.43 Å². The molecule has 0 saturated heterocycles. The number of amides is 1. The van der Waals surface area contributed by atoms with Crippen LogP contribution in [-0.2, 0) is 11.3 Å². The van der Waals surface area contributed by atoms with Crippen LogP contribution < -0.4 is 10.7 Å². The standard InChI is InChI=1S/C20H20N2O2/c1-14-8-9-18-17(12-14)19(23)10-11-22(18)13-20(24)21-15(2)16-6-4-3-5-7-16/h3-12,15H,13H2,1-2H3,(H,21,24)/t15-/m0/s1. The highest BCUT2D eigenvalue weighted by atomic mass is 16.2. The summed E-state index contributed by atoms with van der Waals surface area (Å²) in [7, 11) is 0. The zero-order chi connectivity index (χ0) is 17.1. The molecule has 0 unspecified atom stereocenters. The number of nitrogens with zero attached hydrogens (tertiary/aromatic N) is 1. The fraction of sp³-hybridized carbons (Fsp3) is 0.200. The van der Waals surface area contributed by atoms with Crippen LogP contribution in [0.1, 0.15) is 24.1 Å². The van der Waals surface area contributed by atoms with Gasteiger partial charge in [0.05, 0.1) is 11.6 Å². The van der Waals surface area contributed by atoms with Crippen LogP contribution in [0.3, 0.4) is 0 Å². The molecule has 122 valence electrons. The lowest BCUT2D eigenvalue weighted by Crippen LogP contribution is -2.30. The summed E-state index contributed by atoms with van der Waals surface area (Å²) in [6.45, 7) is 4.08. The maximum absolute atomic E-state index is 12.4. The lowest BCUT2D eigenvalue weighted by atomic mass is 10.1. The van der Waals surface area contributed by atoms with Gasteiger partial charge in [0.25, 0.3) is 0 Å². The smallest absolute Gasteiger partial charge is 0.240 e. The minimum atomic E-state index is -0.0862. The van der Waals surface area contributed by atoms with Crippen LogP contribution in [0, 0.1) is 6.92 Å². The van der Waals surface area contributed by atoms with Crippen molar-refractivity contribution in [1.82, 2.24) is 9.88 Å². The Hall–Kier alpha value is -2.88. The normalized spacial score (nSPS) is 12.1. The van der Waals surface area contributed by atoms with Crippen LogP contribution >= 0.6 is 0 Å². The Morgan fingerprint density at radius 3 is 2.62 bits per heavy atom. The summed E-state index contributed by atoms with van der Waals surface area (Å²) in [4.78, 5) is 24.4. The highest BCUT2D eigenvalue weighted by Crippen LogP contribution is 2.14. The summed E-state index contributed by atoms with van der Waals surface area (Å²) < 4.78 is 1.81. The molecule has 3 aromatic rings. The van der Waals surface area contributed by atoms with Gasteiger partial charge in [-0.05, 0) is 31.5 Å². The second-order valence-corrected chi connectivity index (χ2v) is 6.03. The van der Waals surface area contributed by atoms with Crippen molar-refractivity contribution in [3.05, 3.63) is 82.1 Å². The highest BCUT2D eigenvalue weighted by molar-refractivity contribution is 5.82. The van der Waals surface area contributed by atoms with Gasteiger partial charge in [-0.15, -0.1) is 0 Å². The molecule has 0 bridgehead atoms. The zero-order valence-electron chi connectivity index (χ0n) is 13.8. The van der Waals surface area contributed by atoms with Crippen molar-refractivity contribution in [3.63, 3.8) is 0 Å². The number of pyridine rings is 1. The zero-order valence-corrected chi connectivity index (χ0v) is 13.8. The van der Waals surface area contributed by atoms with Gasteiger partial charge in [0, 0.05) is 17.6 Å². The second-order valence-electron chi connectivity index (χ2n) is 6.03. The number of fused-ring (bicyclic) bond motifs is 1. The Morgan fingerprint density at radius 2 is 1.88 bits per heavy atom. The Kier molecular flexibility index (Phi) is 4.47. The van der Waals surface area contributed by atoms with E-state index in [2.05, 4.69) is 5.32 Å². The number of aryl methyl sites for hydroxylation is 1. The van der Waals surface area contributed by atoms with E-state index in [1.165, 1.54) is 6.07 Å². The summed E-state index contributed by atoms with van der Waals surface area (Å²) in [5.41, 5.74) is 2.84. The first kappa shape index (κ1) is 16.0. The highest BCUT2D eigenvalue weighted by Gasteiger charge is 2.11. The van der Waals surface area contributed by atoms with Crippen LogP contribution in [0.4, 0.5) is 0 Å². The van der Waals surface area contributed by atoms with Crippen molar-refractivity contribution >= 4 is 16.8 Å². The molecule has 1 heterocycles. The molecular weight excluding hydrogens is 300 g/mol. The van der Waals surface area contributed by atoms with E-state index in [4.69, 9.17) is 0 Å². The third-order valence-electron chi connectivity index (χ3n) is 4.12. The van der Waals surface area contributed by atoms with E-state index in [9.17, 15) is 9.59 Å². The minimum absolute atomic E-state index is 0.0250. The van der Waals surface area contributed by atoms with Crippen LogP contribution in [-0.4, -0.2) is 10.5 Å². The summed E-state index contributed by atoms with van der Waals surface area (Å²) in [6, 6.07) is 17.0. The fourth-order valence-corrected chi connectivity index (χ4v) is 2.83. The number of carbonyl (C=O) groups is 1. The molecule has 1 N–H and O–H groups in total. The number of hydrogen-bond donors (Lipinski definition) is 1. The van der Waals surface area contributed by atoms with Crippen LogP contribution in [0.5, 0.6) is 0 Å².